The van der Waals surface area contributed by atoms with E-state index < -0.39 is 5.97 Å². The average Bonchev–Trinajstić information content (AvgIpc) is 2.81. The molecule has 0 amide bonds. The lowest BCUT2D eigenvalue weighted by Gasteiger charge is -2.08. The predicted octanol–water partition coefficient (Wildman–Crippen LogP) is 1.79. The van der Waals surface area contributed by atoms with Crippen molar-refractivity contribution in [3.8, 4) is 5.82 Å². The van der Waals surface area contributed by atoms with Crippen LogP contribution < -0.4 is 0 Å². The van der Waals surface area contributed by atoms with Crippen molar-refractivity contribution < 1.29 is 9.90 Å². The summed E-state index contributed by atoms with van der Waals surface area (Å²) in [5, 5.41) is 13.7. The van der Waals surface area contributed by atoms with Crippen molar-refractivity contribution in [2.75, 3.05) is 0 Å². The molecule has 0 saturated heterocycles. The molecule has 0 aromatic carbocycles. The number of hydrogen-bond donors (Lipinski definition) is 1. The maximum Gasteiger partial charge on any atom is 0.339 e. The van der Waals surface area contributed by atoms with Crippen molar-refractivity contribution in [3.05, 3.63) is 35.0 Å². The topological polar surface area (TPSA) is 80.9 Å². The molecule has 0 aliphatic heterocycles. The summed E-state index contributed by atoms with van der Waals surface area (Å²) >= 11 is 0. The fourth-order valence-corrected chi connectivity index (χ4v) is 1.91. The number of carboxylic acids is 1. The fourth-order valence-electron chi connectivity index (χ4n) is 1.91. The zero-order valence-electron chi connectivity index (χ0n) is 11.2. The first-order valence-corrected chi connectivity index (χ1v) is 6.22. The number of aryl methyl sites for hydroxylation is 3. The van der Waals surface area contributed by atoms with Crippen molar-refractivity contribution in [1.29, 1.82) is 0 Å². The van der Waals surface area contributed by atoms with Crippen molar-refractivity contribution >= 4 is 5.97 Å². The smallest absolute Gasteiger partial charge is 0.339 e. The minimum absolute atomic E-state index is 0.171. The van der Waals surface area contributed by atoms with Crippen LogP contribution in [0.1, 0.15) is 41.4 Å². The molecule has 2 rings (SSSR count). The monoisotopic (exact) mass is 260 g/mol. The standard InChI is InChI=1S/C13H16N4O2/c1-4-9-15-10(5-2)17(16-9)12-11(13(18)19)8(3)6-7-14-12/h6-7H,4-5H2,1-3H3,(H,18,19). The van der Waals surface area contributed by atoms with E-state index in [0.717, 1.165) is 5.82 Å². The second-order valence-corrected chi connectivity index (χ2v) is 4.19. The largest absolute Gasteiger partial charge is 0.478 e. The lowest BCUT2D eigenvalue weighted by atomic mass is 10.1. The molecule has 0 saturated carbocycles. The van der Waals surface area contributed by atoms with E-state index in [1.807, 2.05) is 13.8 Å². The van der Waals surface area contributed by atoms with Gasteiger partial charge in [0.1, 0.15) is 11.4 Å². The van der Waals surface area contributed by atoms with Gasteiger partial charge in [0.15, 0.2) is 11.6 Å². The van der Waals surface area contributed by atoms with Gasteiger partial charge >= 0.3 is 5.97 Å². The van der Waals surface area contributed by atoms with Crippen LogP contribution in [0.5, 0.6) is 0 Å². The predicted molar refractivity (Wildman–Crippen MR) is 69.6 cm³/mol. The minimum atomic E-state index is -1.00. The molecule has 6 heteroatoms. The van der Waals surface area contributed by atoms with Gasteiger partial charge in [0.05, 0.1) is 0 Å². The van der Waals surface area contributed by atoms with Crippen molar-refractivity contribution in [3.63, 3.8) is 0 Å². The van der Waals surface area contributed by atoms with Gasteiger partial charge in [-0.05, 0) is 18.6 Å². The van der Waals surface area contributed by atoms with Gasteiger partial charge in [-0.15, -0.1) is 5.10 Å². The summed E-state index contributed by atoms with van der Waals surface area (Å²) in [5.41, 5.74) is 0.831. The van der Waals surface area contributed by atoms with Gasteiger partial charge in [-0.2, -0.15) is 4.68 Å². The van der Waals surface area contributed by atoms with Crippen LogP contribution in [-0.2, 0) is 12.8 Å². The molecule has 0 radical (unpaired) electrons. The van der Waals surface area contributed by atoms with Crippen LogP contribution in [0.4, 0.5) is 0 Å². The third kappa shape index (κ3) is 2.33. The Labute approximate surface area is 111 Å². The molecule has 0 aliphatic carbocycles. The third-order valence-electron chi connectivity index (χ3n) is 2.90. The Kier molecular flexibility index (Phi) is 3.59. The molecular formula is C13H16N4O2. The maximum atomic E-state index is 11.4. The van der Waals surface area contributed by atoms with Crippen LogP contribution >= 0.6 is 0 Å². The molecule has 0 atom stereocenters. The van der Waals surface area contributed by atoms with Gasteiger partial charge < -0.3 is 5.11 Å². The number of carbonyl (C=O) groups is 1. The molecule has 0 bridgehead atoms. The lowest BCUT2D eigenvalue weighted by Crippen LogP contribution is -2.13. The number of nitrogens with zero attached hydrogens (tertiary/aromatic N) is 4. The Hall–Kier alpha value is -2.24. The summed E-state index contributed by atoms with van der Waals surface area (Å²) < 4.78 is 1.54. The number of aromatic nitrogens is 4. The molecule has 19 heavy (non-hydrogen) atoms. The summed E-state index contributed by atoms with van der Waals surface area (Å²) in [5.74, 6) is 0.738. The van der Waals surface area contributed by atoms with E-state index in [1.54, 1.807) is 19.2 Å². The normalized spacial score (nSPS) is 10.7. The second-order valence-electron chi connectivity index (χ2n) is 4.19. The Bertz CT molecular complexity index is 619. The highest BCUT2D eigenvalue weighted by Gasteiger charge is 2.19. The number of rotatable bonds is 4. The van der Waals surface area contributed by atoms with E-state index in [9.17, 15) is 9.90 Å². The van der Waals surface area contributed by atoms with Crippen LogP contribution in [0.25, 0.3) is 5.82 Å². The average molecular weight is 260 g/mol. The molecule has 2 heterocycles. The van der Waals surface area contributed by atoms with E-state index in [1.165, 1.54) is 4.68 Å². The number of carboxylic acid groups (broad SMARTS) is 1. The van der Waals surface area contributed by atoms with E-state index in [4.69, 9.17) is 0 Å². The molecule has 0 unspecified atom stereocenters. The Morgan fingerprint density at radius 2 is 2.11 bits per heavy atom. The molecule has 0 aliphatic rings. The van der Waals surface area contributed by atoms with Gasteiger partial charge in [0.2, 0.25) is 0 Å². The van der Waals surface area contributed by atoms with Gasteiger partial charge in [-0.1, -0.05) is 13.8 Å². The molecular weight excluding hydrogens is 244 g/mol. The second kappa shape index (κ2) is 5.17. The minimum Gasteiger partial charge on any atom is -0.478 e. The summed E-state index contributed by atoms with van der Waals surface area (Å²) in [7, 11) is 0. The third-order valence-corrected chi connectivity index (χ3v) is 2.90. The fraction of sp³-hybridized carbons (Fsp3) is 0.385. The van der Waals surface area contributed by atoms with Crippen molar-refractivity contribution in [1.82, 2.24) is 19.7 Å². The summed E-state index contributed by atoms with van der Waals surface area (Å²) in [6, 6.07) is 1.68. The SMILES string of the molecule is CCc1nc(CC)n(-c2nccc(C)c2C(=O)O)n1. The van der Waals surface area contributed by atoms with Crippen molar-refractivity contribution in [2.24, 2.45) is 0 Å². The molecule has 1 N–H and O–H groups in total. The van der Waals surface area contributed by atoms with E-state index in [-0.39, 0.29) is 5.56 Å². The number of pyridine rings is 1. The first-order valence-electron chi connectivity index (χ1n) is 6.22. The zero-order chi connectivity index (χ0) is 14.0. The lowest BCUT2D eigenvalue weighted by molar-refractivity contribution is 0.0695. The zero-order valence-corrected chi connectivity index (χ0v) is 11.2. The van der Waals surface area contributed by atoms with E-state index in [0.29, 0.717) is 30.0 Å². The van der Waals surface area contributed by atoms with Crippen LogP contribution in [0.3, 0.4) is 0 Å². The number of aromatic carboxylic acids is 1. The van der Waals surface area contributed by atoms with Crippen molar-refractivity contribution in [2.45, 2.75) is 33.6 Å². The number of hydrogen-bond acceptors (Lipinski definition) is 4. The first-order chi connectivity index (χ1) is 9.08. The van der Waals surface area contributed by atoms with E-state index >= 15 is 0 Å². The van der Waals surface area contributed by atoms with Crippen LogP contribution in [0.15, 0.2) is 12.3 Å². The Morgan fingerprint density at radius 3 is 2.68 bits per heavy atom. The first kappa shape index (κ1) is 13.2. The highest BCUT2D eigenvalue weighted by Crippen LogP contribution is 2.17. The summed E-state index contributed by atoms with van der Waals surface area (Å²) in [6.07, 6.45) is 2.96. The Balaban J connectivity index is 2.68. The molecule has 2 aromatic heterocycles. The molecule has 0 fully saturated rings. The molecule has 2 aromatic rings. The van der Waals surface area contributed by atoms with Crippen LogP contribution in [-0.4, -0.2) is 30.8 Å². The molecule has 100 valence electrons. The van der Waals surface area contributed by atoms with Gasteiger partial charge in [0, 0.05) is 19.0 Å². The van der Waals surface area contributed by atoms with Crippen LogP contribution in [0.2, 0.25) is 0 Å². The summed E-state index contributed by atoms with van der Waals surface area (Å²) in [6.45, 7) is 5.66. The highest BCUT2D eigenvalue weighted by atomic mass is 16.4. The molecule has 6 nitrogen and oxygen atoms in total. The summed E-state index contributed by atoms with van der Waals surface area (Å²) in [4.78, 5) is 19.9. The van der Waals surface area contributed by atoms with Gasteiger partial charge in [0.25, 0.3) is 0 Å². The Morgan fingerprint density at radius 1 is 1.37 bits per heavy atom. The van der Waals surface area contributed by atoms with Crippen LogP contribution in [0, 0.1) is 6.92 Å². The quantitative estimate of drug-likeness (QED) is 0.906. The molecule has 0 spiro atoms. The van der Waals surface area contributed by atoms with Gasteiger partial charge in [-0.3, -0.25) is 0 Å². The highest BCUT2D eigenvalue weighted by molar-refractivity contribution is 5.92. The van der Waals surface area contributed by atoms with E-state index in [2.05, 4.69) is 15.1 Å². The maximum absolute atomic E-state index is 11.4. The van der Waals surface area contributed by atoms with Gasteiger partial charge in [-0.25, -0.2) is 14.8 Å².